The van der Waals surface area contributed by atoms with Crippen LogP contribution in [-0.4, -0.2) is 52.7 Å². The zero-order valence-electron chi connectivity index (χ0n) is 16.6. The number of carbonyl (C=O) groups is 2. The molecule has 156 valence electrons. The van der Waals surface area contributed by atoms with Crippen LogP contribution < -0.4 is 10.6 Å². The van der Waals surface area contributed by atoms with E-state index in [2.05, 4.69) is 15.7 Å². The molecule has 2 aromatic rings. The maximum Gasteiger partial charge on any atom is 0.225 e. The number of rotatable bonds is 6. The average Bonchev–Trinajstić information content (AvgIpc) is 3.43. The molecule has 0 aliphatic carbocycles. The van der Waals surface area contributed by atoms with Crippen LogP contribution in [0.3, 0.4) is 0 Å². The Morgan fingerprint density at radius 2 is 2.10 bits per heavy atom. The van der Waals surface area contributed by atoms with Crippen LogP contribution in [0, 0.1) is 5.92 Å². The van der Waals surface area contributed by atoms with Crippen molar-refractivity contribution in [2.45, 2.75) is 24.8 Å². The van der Waals surface area contributed by atoms with Gasteiger partial charge in [-0.2, -0.15) is 5.10 Å². The molecule has 0 spiro atoms. The van der Waals surface area contributed by atoms with Gasteiger partial charge in [-0.05, 0) is 17.5 Å². The minimum atomic E-state index is -0.203. The van der Waals surface area contributed by atoms with Gasteiger partial charge in [0.1, 0.15) is 0 Å². The highest BCUT2D eigenvalue weighted by Crippen LogP contribution is 2.29. The number of benzene rings is 1. The summed E-state index contributed by atoms with van der Waals surface area (Å²) in [5.74, 6) is 0.161. The lowest BCUT2D eigenvalue weighted by atomic mass is 9.90. The molecule has 0 bridgehead atoms. The first-order valence-corrected chi connectivity index (χ1v) is 9.94. The van der Waals surface area contributed by atoms with E-state index in [0.29, 0.717) is 19.5 Å². The van der Waals surface area contributed by atoms with Gasteiger partial charge in [0.15, 0.2) is 0 Å². The number of aryl methyl sites for hydroxylation is 1. The molecule has 29 heavy (non-hydrogen) atoms. The molecule has 8 heteroatoms. The number of likely N-dealkylation sites (tertiary alicyclic amines) is 1. The highest BCUT2D eigenvalue weighted by Gasteiger charge is 2.36. The van der Waals surface area contributed by atoms with Gasteiger partial charge in [0.05, 0.1) is 18.2 Å². The minimum Gasteiger partial charge on any atom is -0.347 e. The van der Waals surface area contributed by atoms with Gasteiger partial charge in [-0.3, -0.25) is 14.3 Å². The largest absolute Gasteiger partial charge is 0.347 e. The SMILES string of the molecule is Cl.Cn1cc([C@H]2CNC[C@@H]2C(=O)NC(CN2CCCC2=O)c2ccccc2)cn1. The van der Waals surface area contributed by atoms with Crippen molar-refractivity contribution in [2.24, 2.45) is 13.0 Å². The van der Waals surface area contributed by atoms with E-state index in [0.717, 1.165) is 30.6 Å². The summed E-state index contributed by atoms with van der Waals surface area (Å²) in [6, 6.07) is 9.72. The van der Waals surface area contributed by atoms with Crippen molar-refractivity contribution in [1.82, 2.24) is 25.3 Å². The molecule has 2 aliphatic heterocycles. The van der Waals surface area contributed by atoms with Crippen molar-refractivity contribution in [3.8, 4) is 0 Å². The number of amides is 2. The Hall–Kier alpha value is -2.38. The Labute approximate surface area is 177 Å². The first kappa shape index (κ1) is 21.3. The summed E-state index contributed by atoms with van der Waals surface area (Å²) in [6.45, 7) is 2.70. The van der Waals surface area contributed by atoms with Crippen LogP contribution in [0.15, 0.2) is 42.7 Å². The van der Waals surface area contributed by atoms with Crippen molar-refractivity contribution in [3.05, 3.63) is 53.9 Å². The molecule has 7 nitrogen and oxygen atoms in total. The molecule has 1 aromatic carbocycles. The van der Waals surface area contributed by atoms with E-state index in [1.54, 1.807) is 4.68 Å². The maximum absolute atomic E-state index is 13.2. The van der Waals surface area contributed by atoms with Gasteiger partial charge in [-0.25, -0.2) is 0 Å². The standard InChI is InChI=1S/C21H27N5O2.ClH/c1-25-13-16(10-23-25)17-11-22-12-18(17)21(28)24-19(15-6-3-2-4-7-15)14-26-9-5-8-20(26)27;/h2-4,6-7,10,13,17-19,22H,5,8-9,11-12,14H2,1H3,(H,24,28);1H/t17-,18+,19?;/m1./s1. The Bertz CT molecular complexity index is 841. The first-order valence-electron chi connectivity index (χ1n) is 9.94. The Balaban J connectivity index is 0.00000240. The topological polar surface area (TPSA) is 79.3 Å². The molecule has 2 aliphatic rings. The smallest absolute Gasteiger partial charge is 0.225 e. The molecule has 2 fully saturated rings. The van der Waals surface area contributed by atoms with E-state index in [1.165, 1.54) is 0 Å². The molecule has 0 saturated carbocycles. The van der Waals surface area contributed by atoms with Crippen molar-refractivity contribution < 1.29 is 9.59 Å². The van der Waals surface area contributed by atoms with Crippen molar-refractivity contribution in [2.75, 3.05) is 26.2 Å². The van der Waals surface area contributed by atoms with Crippen molar-refractivity contribution in [1.29, 1.82) is 0 Å². The van der Waals surface area contributed by atoms with E-state index in [-0.39, 0.29) is 42.1 Å². The van der Waals surface area contributed by atoms with E-state index in [9.17, 15) is 9.59 Å². The van der Waals surface area contributed by atoms with E-state index in [1.807, 2.05) is 54.7 Å². The minimum absolute atomic E-state index is 0. The van der Waals surface area contributed by atoms with E-state index in [4.69, 9.17) is 0 Å². The van der Waals surface area contributed by atoms with Gasteiger partial charge in [-0.1, -0.05) is 30.3 Å². The monoisotopic (exact) mass is 417 g/mol. The summed E-state index contributed by atoms with van der Waals surface area (Å²) in [5, 5.41) is 10.8. The number of nitrogens with zero attached hydrogens (tertiary/aromatic N) is 3. The number of hydrogen-bond donors (Lipinski definition) is 2. The Kier molecular flexibility index (Phi) is 6.92. The Morgan fingerprint density at radius 3 is 2.76 bits per heavy atom. The maximum atomic E-state index is 13.2. The second-order valence-electron chi connectivity index (χ2n) is 7.73. The number of hydrogen-bond acceptors (Lipinski definition) is 4. The summed E-state index contributed by atoms with van der Waals surface area (Å²) >= 11 is 0. The summed E-state index contributed by atoms with van der Waals surface area (Å²) in [5.41, 5.74) is 2.11. The third-order valence-electron chi connectivity index (χ3n) is 5.80. The van der Waals surface area contributed by atoms with Gasteiger partial charge >= 0.3 is 0 Å². The summed E-state index contributed by atoms with van der Waals surface area (Å²) in [4.78, 5) is 27.2. The van der Waals surface area contributed by atoms with Crippen molar-refractivity contribution in [3.63, 3.8) is 0 Å². The average molecular weight is 418 g/mol. The zero-order valence-corrected chi connectivity index (χ0v) is 17.4. The number of aromatic nitrogens is 2. The van der Waals surface area contributed by atoms with Gasteiger partial charge < -0.3 is 15.5 Å². The second-order valence-corrected chi connectivity index (χ2v) is 7.73. The second kappa shape index (κ2) is 9.41. The predicted molar refractivity (Wildman–Crippen MR) is 113 cm³/mol. The third-order valence-corrected chi connectivity index (χ3v) is 5.80. The van der Waals surface area contributed by atoms with Crippen LogP contribution in [0.1, 0.15) is 35.9 Å². The summed E-state index contributed by atoms with van der Waals surface area (Å²) < 4.78 is 1.77. The van der Waals surface area contributed by atoms with Gasteiger partial charge in [0.25, 0.3) is 0 Å². The number of nitrogens with one attached hydrogen (secondary N) is 2. The van der Waals surface area contributed by atoms with Crippen LogP contribution in [-0.2, 0) is 16.6 Å². The van der Waals surface area contributed by atoms with Crippen LogP contribution in [0.5, 0.6) is 0 Å². The molecule has 2 amide bonds. The van der Waals surface area contributed by atoms with Gasteiger partial charge in [0.2, 0.25) is 11.8 Å². The molecule has 4 rings (SSSR count). The predicted octanol–water partition coefficient (Wildman–Crippen LogP) is 1.62. The van der Waals surface area contributed by atoms with Gasteiger partial charge in [-0.15, -0.1) is 12.4 Å². The molecular formula is C21H28ClN5O2. The highest BCUT2D eigenvalue weighted by atomic mass is 35.5. The molecule has 1 unspecified atom stereocenters. The lowest BCUT2D eigenvalue weighted by Gasteiger charge is -2.27. The normalized spacial score (nSPS) is 22.4. The molecular weight excluding hydrogens is 390 g/mol. The van der Waals surface area contributed by atoms with Crippen LogP contribution in [0.2, 0.25) is 0 Å². The number of carbonyl (C=O) groups excluding carboxylic acids is 2. The molecule has 1 aromatic heterocycles. The lowest BCUT2D eigenvalue weighted by molar-refractivity contribution is -0.130. The fourth-order valence-electron chi connectivity index (χ4n) is 4.25. The highest BCUT2D eigenvalue weighted by molar-refractivity contribution is 5.85. The van der Waals surface area contributed by atoms with E-state index >= 15 is 0 Å². The fraction of sp³-hybridized carbons (Fsp3) is 0.476. The summed E-state index contributed by atoms with van der Waals surface area (Å²) in [6.07, 6.45) is 5.32. The first-order chi connectivity index (χ1) is 13.6. The third kappa shape index (κ3) is 4.79. The fourth-order valence-corrected chi connectivity index (χ4v) is 4.25. The molecule has 2 saturated heterocycles. The molecule has 2 N–H and O–H groups in total. The quantitative estimate of drug-likeness (QED) is 0.748. The van der Waals surface area contributed by atoms with Crippen LogP contribution in [0.4, 0.5) is 0 Å². The van der Waals surface area contributed by atoms with Crippen LogP contribution in [0.25, 0.3) is 0 Å². The van der Waals surface area contributed by atoms with Crippen molar-refractivity contribution >= 4 is 24.2 Å². The zero-order chi connectivity index (χ0) is 19.5. The molecule has 3 heterocycles. The van der Waals surface area contributed by atoms with E-state index < -0.39 is 0 Å². The van der Waals surface area contributed by atoms with Crippen LogP contribution >= 0.6 is 12.4 Å². The molecule has 0 radical (unpaired) electrons. The number of halogens is 1. The van der Waals surface area contributed by atoms with Gasteiger partial charge in [0, 0.05) is 51.8 Å². The Morgan fingerprint density at radius 1 is 1.31 bits per heavy atom. The lowest BCUT2D eigenvalue weighted by Crippen LogP contribution is -2.42. The summed E-state index contributed by atoms with van der Waals surface area (Å²) in [7, 11) is 1.89. The molecule has 3 atom stereocenters.